The van der Waals surface area contributed by atoms with Gasteiger partial charge in [-0.3, -0.25) is 9.59 Å². The standard InChI is InChI=1S/C15H17F2NO3/c1-15(14(20)21)6-3-7-18(9-15)12(19)8-10-4-2-5-11(16)13(10)17/h2,4-5H,3,6-9H2,1H3,(H,20,21). The van der Waals surface area contributed by atoms with Crippen LogP contribution in [-0.4, -0.2) is 35.0 Å². The Hall–Kier alpha value is -1.98. The van der Waals surface area contributed by atoms with E-state index in [1.807, 2.05) is 0 Å². The molecular formula is C15H17F2NO3. The molecule has 1 fully saturated rings. The topological polar surface area (TPSA) is 57.6 Å². The Morgan fingerprint density at radius 1 is 1.38 bits per heavy atom. The number of likely N-dealkylation sites (tertiary alicyclic amines) is 1. The summed E-state index contributed by atoms with van der Waals surface area (Å²) in [7, 11) is 0. The van der Waals surface area contributed by atoms with E-state index in [1.54, 1.807) is 6.92 Å². The average Bonchev–Trinajstić information content (AvgIpc) is 2.43. The molecular weight excluding hydrogens is 280 g/mol. The van der Waals surface area contributed by atoms with Gasteiger partial charge >= 0.3 is 5.97 Å². The van der Waals surface area contributed by atoms with E-state index in [4.69, 9.17) is 0 Å². The van der Waals surface area contributed by atoms with Gasteiger partial charge in [0.15, 0.2) is 11.6 Å². The summed E-state index contributed by atoms with van der Waals surface area (Å²) in [6, 6.07) is 3.70. The molecule has 1 saturated heterocycles. The minimum atomic E-state index is -1.02. The van der Waals surface area contributed by atoms with Gasteiger partial charge in [0.1, 0.15) is 0 Å². The second kappa shape index (κ2) is 5.79. The van der Waals surface area contributed by atoms with E-state index < -0.39 is 23.0 Å². The van der Waals surface area contributed by atoms with Gasteiger partial charge in [-0.2, -0.15) is 0 Å². The van der Waals surface area contributed by atoms with Crippen molar-refractivity contribution in [1.82, 2.24) is 4.90 Å². The average molecular weight is 297 g/mol. The summed E-state index contributed by atoms with van der Waals surface area (Å²) in [6.07, 6.45) is 0.819. The van der Waals surface area contributed by atoms with Crippen molar-refractivity contribution in [3.8, 4) is 0 Å². The third kappa shape index (κ3) is 3.20. The minimum Gasteiger partial charge on any atom is -0.481 e. The second-order valence-corrected chi connectivity index (χ2v) is 5.67. The highest BCUT2D eigenvalue weighted by Gasteiger charge is 2.39. The molecule has 0 aromatic heterocycles. The van der Waals surface area contributed by atoms with Crippen molar-refractivity contribution < 1.29 is 23.5 Å². The highest BCUT2D eigenvalue weighted by Crippen LogP contribution is 2.30. The van der Waals surface area contributed by atoms with E-state index in [9.17, 15) is 23.5 Å². The number of carboxylic acids is 1. The predicted molar refractivity (Wildman–Crippen MR) is 71.6 cm³/mol. The molecule has 21 heavy (non-hydrogen) atoms. The fourth-order valence-corrected chi connectivity index (χ4v) is 2.59. The van der Waals surface area contributed by atoms with Gasteiger partial charge in [0.25, 0.3) is 0 Å². The number of piperidine rings is 1. The lowest BCUT2D eigenvalue weighted by Gasteiger charge is -2.37. The summed E-state index contributed by atoms with van der Waals surface area (Å²) >= 11 is 0. The van der Waals surface area contributed by atoms with Crippen LogP contribution in [0.5, 0.6) is 0 Å². The highest BCUT2D eigenvalue weighted by atomic mass is 19.2. The molecule has 1 amide bonds. The first kappa shape index (κ1) is 15.4. The summed E-state index contributed by atoms with van der Waals surface area (Å²) in [5, 5.41) is 9.22. The lowest BCUT2D eigenvalue weighted by atomic mass is 9.82. The van der Waals surface area contributed by atoms with Crippen LogP contribution in [0.4, 0.5) is 8.78 Å². The molecule has 0 spiro atoms. The van der Waals surface area contributed by atoms with Gasteiger partial charge < -0.3 is 10.0 Å². The fourth-order valence-electron chi connectivity index (χ4n) is 2.59. The van der Waals surface area contributed by atoms with E-state index in [0.717, 1.165) is 6.07 Å². The summed E-state index contributed by atoms with van der Waals surface area (Å²) in [5.74, 6) is -3.35. The van der Waals surface area contributed by atoms with Crippen LogP contribution in [0.15, 0.2) is 18.2 Å². The summed E-state index contributed by atoms with van der Waals surface area (Å²) < 4.78 is 26.7. The molecule has 1 aliphatic heterocycles. The second-order valence-electron chi connectivity index (χ2n) is 5.67. The number of nitrogens with zero attached hydrogens (tertiary/aromatic N) is 1. The van der Waals surface area contributed by atoms with Crippen LogP contribution in [0.2, 0.25) is 0 Å². The molecule has 2 rings (SSSR count). The molecule has 4 nitrogen and oxygen atoms in total. The van der Waals surface area contributed by atoms with Gasteiger partial charge in [0, 0.05) is 18.7 Å². The Labute approximate surface area is 121 Å². The molecule has 1 N–H and O–H groups in total. The minimum absolute atomic E-state index is 0.0115. The van der Waals surface area contributed by atoms with Gasteiger partial charge in [-0.15, -0.1) is 0 Å². The summed E-state index contributed by atoms with van der Waals surface area (Å²) in [4.78, 5) is 24.9. The molecule has 1 aliphatic rings. The zero-order valence-corrected chi connectivity index (χ0v) is 11.7. The summed E-state index contributed by atoms with van der Waals surface area (Å²) in [6.45, 7) is 2.13. The first-order valence-electron chi connectivity index (χ1n) is 6.77. The molecule has 1 unspecified atom stereocenters. The number of carbonyl (C=O) groups excluding carboxylic acids is 1. The van der Waals surface area contributed by atoms with Gasteiger partial charge in [0.2, 0.25) is 5.91 Å². The fraction of sp³-hybridized carbons (Fsp3) is 0.467. The van der Waals surface area contributed by atoms with E-state index in [0.29, 0.717) is 19.4 Å². The number of carboxylic acid groups (broad SMARTS) is 1. The van der Waals surface area contributed by atoms with Crippen molar-refractivity contribution in [2.24, 2.45) is 5.41 Å². The molecule has 0 saturated carbocycles. The first-order chi connectivity index (χ1) is 9.83. The normalized spacial score (nSPS) is 22.1. The number of halogens is 2. The summed E-state index contributed by atoms with van der Waals surface area (Å²) in [5.41, 5.74) is -0.989. The molecule has 1 aromatic rings. The molecule has 0 radical (unpaired) electrons. The molecule has 114 valence electrons. The molecule has 6 heteroatoms. The number of hydrogen-bond acceptors (Lipinski definition) is 2. The van der Waals surface area contributed by atoms with Gasteiger partial charge in [-0.25, -0.2) is 8.78 Å². The van der Waals surface area contributed by atoms with Crippen LogP contribution in [0, 0.1) is 17.0 Å². The van der Waals surface area contributed by atoms with E-state index in [2.05, 4.69) is 0 Å². The van der Waals surface area contributed by atoms with Crippen LogP contribution in [0.3, 0.4) is 0 Å². The number of aliphatic carboxylic acids is 1. The van der Waals surface area contributed by atoms with Crippen LogP contribution in [0.1, 0.15) is 25.3 Å². The third-order valence-electron chi connectivity index (χ3n) is 3.94. The smallest absolute Gasteiger partial charge is 0.311 e. The maximum atomic E-state index is 13.6. The zero-order valence-electron chi connectivity index (χ0n) is 11.7. The zero-order chi connectivity index (χ0) is 15.6. The van der Waals surface area contributed by atoms with Gasteiger partial charge in [0.05, 0.1) is 11.8 Å². The molecule has 1 heterocycles. The Balaban J connectivity index is 2.10. The molecule has 0 bridgehead atoms. The SMILES string of the molecule is CC1(C(=O)O)CCCN(C(=O)Cc2cccc(F)c2F)C1. The lowest BCUT2D eigenvalue weighted by molar-refractivity contribution is -0.153. The van der Waals surface area contributed by atoms with Crippen molar-refractivity contribution in [3.63, 3.8) is 0 Å². The Kier molecular flexibility index (Phi) is 4.25. The maximum absolute atomic E-state index is 13.6. The molecule has 0 aliphatic carbocycles. The number of amides is 1. The maximum Gasteiger partial charge on any atom is 0.311 e. The lowest BCUT2D eigenvalue weighted by Crippen LogP contribution is -2.48. The van der Waals surface area contributed by atoms with Gasteiger partial charge in [-0.05, 0) is 25.8 Å². The van der Waals surface area contributed by atoms with Crippen molar-refractivity contribution in [2.45, 2.75) is 26.2 Å². The third-order valence-corrected chi connectivity index (χ3v) is 3.94. The molecule has 1 atom stereocenters. The number of hydrogen-bond donors (Lipinski definition) is 1. The highest BCUT2D eigenvalue weighted by molar-refractivity contribution is 5.81. The number of rotatable bonds is 3. The van der Waals surface area contributed by atoms with Crippen molar-refractivity contribution >= 4 is 11.9 Å². The number of benzene rings is 1. The van der Waals surface area contributed by atoms with Crippen molar-refractivity contribution in [1.29, 1.82) is 0 Å². The monoisotopic (exact) mass is 297 g/mol. The quantitative estimate of drug-likeness (QED) is 0.930. The van der Waals surface area contributed by atoms with E-state index >= 15 is 0 Å². The Morgan fingerprint density at radius 3 is 2.76 bits per heavy atom. The molecule has 1 aromatic carbocycles. The predicted octanol–water partition coefficient (Wildman–Crippen LogP) is 2.22. The Morgan fingerprint density at radius 2 is 2.10 bits per heavy atom. The van der Waals surface area contributed by atoms with Crippen LogP contribution in [-0.2, 0) is 16.0 Å². The van der Waals surface area contributed by atoms with E-state index in [1.165, 1.54) is 17.0 Å². The van der Waals surface area contributed by atoms with Crippen molar-refractivity contribution in [3.05, 3.63) is 35.4 Å². The van der Waals surface area contributed by atoms with Crippen molar-refractivity contribution in [2.75, 3.05) is 13.1 Å². The first-order valence-corrected chi connectivity index (χ1v) is 6.77. The Bertz CT molecular complexity index is 576. The van der Waals surface area contributed by atoms with Crippen LogP contribution in [0.25, 0.3) is 0 Å². The number of carbonyl (C=O) groups is 2. The largest absolute Gasteiger partial charge is 0.481 e. The van der Waals surface area contributed by atoms with Gasteiger partial charge in [-0.1, -0.05) is 12.1 Å². The van der Waals surface area contributed by atoms with E-state index in [-0.39, 0.29) is 24.4 Å². The van der Waals surface area contributed by atoms with Crippen LogP contribution >= 0.6 is 0 Å². The van der Waals surface area contributed by atoms with Crippen LogP contribution < -0.4 is 0 Å².